The molecule has 1 atom stereocenters. The number of nitrogens with one attached hydrogen (secondary N) is 1. The Morgan fingerprint density at radius 3 is 2.96 bits per heavy atom. The van der Waals surface area contributed by atoms with Crippen molar-refractivity contribution < 1.29 is 4.79 Å². The monoisotopic (exact) mass is 325 g/mol. The summed E-state index contributed by atoms with van der Waals surface area (Å²) >= 11 is 0. The lowest BCUT2D eigenvalue weighted by Crippen LogP contribution is -2.43. The van der Waals surface area contributed by atoms with Gasteiger partial charge in [-0.15, -0.1) is 10.2 Å². The summed E-state index contributed by atoms with van der Waals surface area (Å²) in [7, 11) is 0. The molecule has 24 heavy (non-hydrogen) atoms. The quantitative estimate of drug-likeness (QED) is 0.913. The van der Waals surface area contributed by atoms with E-state index in [4.69, 9.17) is 0 Å². The lowest BCUT2D eigenvalue weighted by atomic mass is 9.97. The van der Waals surface area contributed by atoms with Crippen LogP contribution in [-0.4, -0.2) is 40.7 Å². The zero-order valence-electron chi connectivity index (χ0n) is 14.0. The molecular formula is C18H23N5O. The SMILES string of the molecule is CCCNC(=O)C1CCCN(c2ccc(-c3cccnc3)nn2)C1. The number of carbonyl (C=O) groups is 1. The molecule has 0 aromatic carbocycles. The van der Waals surface area contributed by atoms with E-state index in [1.165, 1.54) is 0 Å². The fraction of sp³-hybridized carbons (Fsp3) is 0.444. The van der Waals surface area contributed by atoms with Crippen LogP contribution in [0.25, 0.3) is 11.3 Å². The summed E-state index contributed by atoms with van der Waals surface area (Å²) < 4.78 is 0. The Hall–Kier alpha value is -2.50. The van der Waals surface area contributed by atoms with Crippen molar-refractivity contribution in [2.75, 3.05) is 24.5 Å². The van der Waals surface area contributed by atoms with Crippen molar-refractivity contribution in [3.05, 3.63) is 36.7 Å². The highest BCUT2D eigenvalue weighted by Crippen LogP contribution is 2.23. The highest BCUT2D eigenvalue weighted by Gasteiger charge is 2.26. The van der Waals surface area contributed by atoms with Crippen molar-refractivity contribution in [2.45, 2.75) is 26.2 Å². The number of aromatic nitrogens is 3. The number of hydrogen-bond acceptors (Lipinski definition) is 5. The van der Waals surface area contributed by atoms with Gasteiger partial charge in [0.2, 0.25) is 5.91 Å². The minimum atomic E-state index is 0.0325. The first-order valence-corrected chi connectivity index (χ1v) is 8.54. The normalized spacial score (nSPS) is 17.5. The van der Waals surface area contributed by atoms with Crippen LogP contribution >= 0.6 is 0 Å². The third kappa shape index (κ3) is 3.88. The summed E-state index contributed by atoms with van der Waals surface area (Å²) in [6, 6.07) is 7.78. The molecule has 0 spiro atoms. The van der Waals surface area contributed by atoms with Gasteiger partial charge in [0.05, 0.1) is 11.6 Å². The molecular weight excluding hydrogens is 302 g/mol. The van der Waals surface area contributed by atoms with E-state index >= 15 is 0 Å². The molecule has 1 N–H and O–H groups in total. The molecule has 1 amide bonds. The smallest absolute Gasteiger partial charge is 0.224 e. The molecule has 0 aliphatic carbocycles. The molecule has 3 rings (SSSR count). The molecule has 1 aliphatic heterocycles. The van der Waals surface area contributed by atoms with Gasteiger partial charge in [0.1, 0.15) is 0 Å². The molecule has 6 nitrogen and oxygen atoms in total. The Bertz CT molecular complexity index is 659. The van der Waals surface area contributed by atoms with Crippen LogP contribution in [0.15, 0.2) is 36.7 Å². The summed E-state index contributed by atoms with van der Waals surface area (Å²) in [5, 5.41) is 11.7. The Balaban J connectivity index is 1.66. The summed E-state index contributed by atoms with van der Waals surface area (Å²) in [4.78, 5) is 18.4. The molecule has 2 aromatic rings. The van der Waals surface area contributed by atoms with Crippen molar-refractivity contribution >= 4 is 11.7 Å². The molecule has 3 heterocycles. The first-order valence-electron chi connectivity index (χ1n) is 8.54. The topological polar surface area (TPSA) is 71.0 Å². The second kappa shape index (κ2) is 7.86. The number of hydrogen-bond donors (Lipinski definition) is 1. The van der Waals surface area contributed by atoms with Gasteiger partial charge in [-0.1, -0.05) is 6.92 Å². The molecule has 126 valence electrons. The lowest BCUT2D eigenvalue weighted by molar-refractivity contribution is -0.125. The van der Waals surface area contributed by atoms with Gasteiger partial charge < -0.3 is 10.2 Å². The predicted molar refractivity (Wildman–Crippen MR) is 93.5 cm³/mol. The van der Waals surface area contributed by atoms with E-state index < -0.39 is 0 Å². The van der Waals surface area contributed by atoms with Crippen LogP contribution in [0.3, 0.4) is 0 Å². The molecule has 0 radical (unpaired) electrons. The Morgan fingerprint density at radius 2 is 2.25 bits per heavy atom. The van der Waals surface area contributed by atoms with Crippen molar-refractivity contribution in [2.24, 2.45) is 5.92 Å². The Morgan fingerprint density at radius 1 is 1.33 bits per heavy atom. The van der Waals surface area contributed by atoms with Crippen molar-refractivity contribution in [1.29, 1.82) is 0 Å². The largest absolute Gasteiger partial charge is 0.356 e. The van der Waals surface area contributed by atoms with E-state index in [1.54, 1.807) is 12.4 Å². The number of carbonyl (C=O) groups excluding carboxylic acids is 1. The number of nitrogens with zero attached hydrogens (tertiary/aromatic N) is 4. The molecule has 6 heteroatoms. The molecule has 0 bridgehead atoms. The van der Waals surface area contributed by atoms with Crippen LogP contribution in [0.1, 0.15) is 26.2 Å². The van der Waals surface area contributed by atoms with Crippen LogP contribution in [-0.2, 0) is 4.79 Å². The summed E-state index contributed by atoms with van der Waals surface area (Å²) in [5.41, 5.74) is 1.76. The summed E-state index contributed by atoms with van der Waals surface area (Å²) in [6.45, 7) is 4.43. The maximum Gasteiger partial charge on any atom is 0.224 e. The molecule has 1 fully saturated rings. The average molecular weight is 325 g/mol. The van der Waals surface area contributed by atoms with E-state index in [-0.39, 0.29) is 11.8 Å². The fourth-order valence-corrected chi connectivity index (χ4v) is 2.95. The van der Waals surface area contributed by atoms with Gasteiger partial charge in [0.15, 0.2) is 5.82 Å². The number of piperidine rings is 1. The number of anilines is 1. The van der Waals surface area contributed by atoms with Crippen LogP contribution < -0.4 is 10.2 Å². The van der Waals surface area contributed by atoms with Crippen LogP contribution in [0.4, 0.5) is 5.82 Å². The maximum atomic E-state index is 12.2. The zero-order chi connectivity index (χ0) is 16.8. The lowest BCUT2D eigenvalue weighted by Gasteiger charge is -2.32. The minimum absolute atomic E-state index is 0.0325. The standard InChI is InChI=1S/C18H23N5O/c1-2-9-20-18(24)15-6-4-11-23(13-15)17-8-7-16(21-22-17)14-5-3-10-19-12-14/h3,5,7-8,10,12,15H,2,4,6,9,11,13H2,1H3,(H,20,24). The highest BCUT2D eigenvalue weighted by molar-refractivity contribution is 5.79. The van der Waals surface area contributed by atoms with Gasteiger partial charge in [0, 0.05) is 37.6 Å². The van der Waals surface area contributed by atoms with Crippen LogP contribution in [0.5, 0.6) is 0 Å². The zero-order valence-corrected chi connectivity index (χ0v) is 14.0. The first kappa shape index (κ1) is 16.4. The molecule has 2 aromatic heterocycles. The fourth-order valence-electron chi connectivity index (χ4n) is 2.95. The first-order chi connectivity index (χ1) is 11.8. The van der Waals surface area contributed by atoms with Gasteiger partial charge in [-0.05, 0) is 43.5 Å². The molecule has 1 saturated heterocycles. The predicted octanol–water partition coefficient (Wildman–Crippen LogP) is 2.28. The maximum absolute atomic E-state index is 12.2. The van der Waals surface area contributed by atoms with Crippen molar-refractivity contribution in [3.63, 3.8) is 0 Å². The molecule has 0 saturated carbocycles. The number of rotatable bonds is 5. The summed E-state index contributed by atoms with van der Waals surface area (Å²) in [6.07, 6.45) is 6.41. The van der Waals surface area contributed by atoms with Gasteiger partial charge in [-0.25, -0.2) is 0 Å². The second-order valence-electron chi connectivity index (χ2n) is 6.09. The van der Waals surface area contributed by atoms with E-state index in [9.17, 15) is 4.79 Å². The third-order valence-electron chi connectivity index (χ3n) is 4.27. The molecule has 1 aliphatic rings. The van der Waals surface area contributed by atoms with Gasteiger partial charge >= 0.3 is 0 Å². The van der Waals surface area contributed by atoms with Crippen LogP contribution in [0, 0.1) is 5.92 Å². The third-order valence-corrected chi connectivity index (χ3v) is 4.27. The van der Waals surface area contributed by atoms with Crippen molar-refractivity contribution in [3.8, 4) is 11.3 Å². The minimum Gasteiger partial charge on any atom is -0.356 e. The highest BCUT2D eigenvalue weighted by atomic mass is 16.1. The van der Waals surface area contributed by atoms with Gasteiger partial charge in [-0.2, -0.15) is 0 Å². The number of pyridine rings is 1. The number of amides is 1. The van der Waals surface area contributed by atoms with E-state index in [1.807, 2.05) is 24.3 Å². The Labute approximate surface area is 142 Å². The van der Waals surface area contributed by atoms with E-state index in [2.05, 4.69) is 32.3 Å². The summed E-state index contributed by atoms with van der Waals surface area (Å²) in [5.74, 6) is 1.02. The van der Waals surface area contributed by atoms with E-state index in [0.717, 1.165) is 49.4 Å². The van der Waals surface area contributed by atoms with Crippen molar-refractivity contribution in [1.82, 2.24) is 20.5 Å². The van der Waals surface area contributed by atoms with Gasteiger partial charge in [0.25, 0.3) is 0 Å². The second-order valence-corrected chi connectivity index (χ2v) is 6.09. The Kier molecular flexibility index (Phi) is 5.36. The van der Waals surface area contributed by atoms with Gasteiger partial charge in [-0.3, -0.25) is 9.78 Å². The van der Waals surface area contributed by atoms with E-state index in [0.29, 0.717) is 6.54 Å². The molecule has 1 unspecified atom stereocenters. The average Bonchev–Trinajstić information content (AvgIpc) is 2.67. The van der Waals surface area contributed by atoms with Crippen LogP contribution in [0.2, 0.25) is 0 Å².